The van der Waals surface area contributed by atoms with Crippen molar-refractivity contribution in [3.63, 3.8) is 0 Å². The van der Waals surface area contributed by atoms with Gasteiger partial charge >= 0.3 is 6.09 Å². The maximum Gasteiger partial charge on any atom is 0.417 e. The van der Waals surface area contributed by atoms with Crippen LogP contribution in [0.15, 0.2) is 54.6 Å². The van der Waals surface area contributed by atoms with Gasteiger partial charge in [-0.25, -0.2) is 9.69 Å². The van der Waals surface area contributed by atoms with Gasteiger partial charge in [-0.3, -0.25) is 14.4 Å². The van der Waals surface area contributed by atoms with Crippen LogP contribution in [-0.4, -0.2) is 53.3 Å². The predicted octanol–water partition coefficient (Wildman–Crippen LogP) is 2.51. The summed E-state index contributed by atoms with van der Waals surface area (Å²) < 4.78 is 10.9. The first kappa shape index (κ1) is 27.5. The molecule has 9 nitrogen and oxygen atoms in total. The van der Waals surface area contributed by atoms with E-state index in [0.29, 0.717) is 17.3 Å². The summed E-state index contributed by atoms with van der Waals surface area (Å²) in [6.07, 6.45) is 0.740. The number of ether oxygens (including phenoxy) is 2. The van der Waals surface area contributed by atoms with Crippen molar-refractivity contribution in [2.75, 3.05) is 6.54 Å². The standard InChI is InChI=1S/C26H32N3O6/c1-18(24(32)29(14-15-30)25(33)35-26(2,3)4)28-23(31)22(27)16-19-10-12-21(13-11-19)34-17-20-8-6-5-7-9-20/h5-13,18,22H,14,16-17,27H2,1-4H3,(H,28,31)/t18-,22+/m1/s1. The van der Waals surface area contributed by atoms with E-state index in [1.54, 1.807) is 32.9 Å². The van der Waals surface area contributed by atoms with Crippen LogP contribution in [0, 0.1) is 0 Å². The van der Waals surface area contributed by atoms with Crippen LogP contribution in [0.5, 0.6) is 5.75 Å². The Morgan fingerprint density at radius 2 is 1.66 bits per heavy atom. The topological polar surface area (TPSA) is 128 Å². The van der Waals surface area contributed by atoms with Crippen molar-refractivity contribution in [1.29, 1.82) is 0 Å². The fraction of sp³-hybridized carbons (Fsp3) is 0.385. The number of benzene rings is 2. The average Bonchev–Trinajstić information content (AvgIpc) is 2.81. The second kappa shape index (κ2) is 12.7. The zero-order chi connectivity index (χ0) is 26.0. The van der Waals surface area contributed by atoms with Crippen molar-refractivity contribution < 1.29 is 28.7 Å². The molecule has 2 aromatic carbocycles. The number of nitrogens with zero attached hydrogens (tertiary/aromatic N) is 1. The normalized spacial score (nSPS) is 12.7. The molecule has 2 rings (SSSR count). The Balaban J connectivity index is 1.90. The largest absolute Gasteiger partial charge is 0.489 e. The lowest BCUT2D eigenvalue weighted by Crippen LogP contribution is -2.54. The highest BCUT2D eigenvalue weighted by Crippen LogP contribution is 2.15. The van der Waals surface area contributed by atoms with Crippen molar-refractivity contribution >= 4 is 24.2 Å². The Morgan fingerprint density at radius 1 is 1.03 bits per heavy atom. The summed E-state index contributed by atoms with van der Waals surface area (Å²) in [4.78, 5) is 48.9. The van der Waals surface area contributed by atoms with Gasteiger partial charge < -0.3 is 20.5 Å². The molecule has 3 N–H and O–H groups in total. The van der Waals surface area contributed by atoms with Crippen LogP contribution < -0.4 is 15.8 Å². The number of imide groups is 1. The zero-order valence-corrected chi connectivity index (χ0v) is 20.4. The van der Waals surface area contributed by atoms with E-state index < -0.39 is 42.1 Å². The van der Waals surface area contributed by atoms with Crippen molar-refractivity contribution in [1.82, 2.24) is 10.2 Å². The summed E-state index contributed by atoms with van der Waals surface area (Å²) in [6.45, 7) is 6.11. The fourth-order valence-electron chi connectivity index (χ4n) is 3.04. The van der Waals surface area contributed by atoms with Crippen LogP contribution in [0.2, 0.25) is 0 Å². The lowest BCUT2D eigenvalue weighted by Gasteiger charge is -2.27. The third-order valence-corrected chi connectivity index (χ3v) is 4.80. The van der Waals surface area contributed by atoms with E-state index in [-0.39, 0.29) is 6.42 Å². The third-order valence-electron chi connectivity index (χ3n) is 4.80. The highest BCUT2D eigenvalue weighted by molar-refractivity contribution is 5.98. The van der Waals surface area contributed by atoms with Gasteiger partial charge in [0, 0.05) is 0 Å². The molecule has 0 spiro atoms. The van der Waals surface area contributed by atoms with E-state index in [1.165, 1.54) is 13.2 Å². The number of carbonyl (C=O) groups is 3. The van der Waals surface area contributed by atoms with Gasteiger partial charge in [0.15, 0.2) is 0 Å². The first-order chi connectivity index (χ1) is 16.5. The zero-order valence-electron chi connectivity index (χ0n) is 20.4. The number of hydrogen-bond donors (Lipinski definition) is 2. The molecule has 187 valence electrons. The molecule has 0 aromatic heterocycles. The van der Waals surface area contributed by atoms with Crippen LogP contribution in [0.3, 0.4) is 0 Å². The van der Waals surface area contributed by atoms with Gasteiger partial charge in [0.2, 0.25) is 12.2 Å². The Hall–Kier alpha value is -3.72. The predicted molar refractivity (Wildman–Crippen MR) is 130 cm³/mol. The molecule has 2 atom stereocenters. The van der Waals surface area contributed by atoms with E-state index in [9.17, 15) is 19.2 Å². The molecule has 35 heavy (non-hydrogen) atoms. The van der Waals surface area contributed by atoms with Crippen LogP contribution >= 0.6 is 0 Å². The first-order valence-corrected chi connectivity index (χ1v) is 11.2. The van der Waals surface area contributed by atoms with Crippen molar-refractivity contribution in [3.8, 4) is 5.75 Å². The maximum atomic E-state index is 12.7. The minimum absolute atomic E-state index is 0.226. The van der Waals surface area contributed by atoms with Gasteiger partial charge in [-0.2, -0.15) is 0 Å². The van der Waals surface area contributed by atoms with Gasteiger partial charge in [-0.15, -0.1) is 0 Å². The summed E-state index contributed by atoms with van der Waals surface area (Å²) in [5.41, 5.74) is 7.02. The van der Waals surface area contributed by atoms with Crippen LogP contribution in [0.25, 0.3) is 0 Å². The molecule has 0 aliphatic heterocycles. The Morgan fingerprint density at radius 3 is 2.23 bits per heavy atom. The molecule has 0 unspecified atom stereocenters. The summed E-state index contributed by atoms with van der Waals surface area (Å²) in [5.74, 6) is -0.693. The van der Waals surface area contributed by atoms with Crippen LogP contribution in [0.4, 0.5) is 4.79 Å². The third kappa shape index (κ3) is 9.21. The summed E-state index contributed by atoms with van der Waals surface area (Å²) >= 11 is 0. The van der Waals surface area contributed by atoms with E-state index in [2.05, 4.69) is 5.32 Å². The molecule has 0 fully saturated rings. The molecule has 9 heteroatoms. The van der Waals surface area contributed by atoms with Crippen LogP contribution in [0.1, 0.15) is 38.8 Å². The molecule has 0 aliphatic carbocycles. The maximum absolute atomic E-state index is 12.7. The molecule has 3 amide bonds. The SMILES string of the molecule is C[C@@H](NC(=O)[C@@H](N)Cc1ccc(OCc2ccccc2)cc1)C(=O)N(C[C]=O)C(=O)OC(C)(C)C. The molecule has 1 radical (unpaired) electrons. The molecular weight excluding hydrogens is 450 g/mol. The van der Waals surface area contributed by atoms with Crippen molar-refractivity contribution in [2.24, 2.45) is 5.73 Å². The molecule has 0 aliphatic rings. The molecule has 2 aromatic rings. The molecule has 0 heterocycles. The number of amides is 3. The van der Waals surface area contributed by atoms with Crippen molar-refractivity contribution in [2.45, 2.75) is 58.4 Å². The summed E-state index contributed by atoms with van der Waals surface area (Å²) in [7, 11) is 0. The minimum Gasteiger partial charge on any atom is -0.489 e. The van der Waals surface area contributed by atoms with Crippen molar-refractivity contribution in [3.05, 3.63) is 65.7 Å². The number of nitrogens with two attached hydrogens (primary N) is 1. The van der Waals surface area contributed by atoms with Gasteiger partial charge in [-0.1, -0.05) is 42.5 Å². The quantitative estimate of drug-likeness (QED) is 0.532. The van der Waals surface area contributed by atoms with E-state index in [0.717, 1.165) is 11.1 Å². The monoisotopic (exact) mass is 482 g/mol. The second-order valence-corrected chi connectivity index (χ2v) is 9.01. The molecule has 0 saturated heterocycles. The molecule has 0 bridgehead atoms. The first-order valence-electron chi connectivity index (χ1n) is 11.2. The van der Waals surface area contributed by atoms with Gasteiger partial charge in [0.1, 0.15) is 24.0 Å². The number of rotatable bonds is 10. The summed E-state index contributed by atoms with van der Waals surface area (Å²) in [5, 5.41) is 2.49. The average molecular weight is 483 g/mol. The molecular formula is C26H32N3O6. The number of nitrogens with one attached hydrogen (secondary N) is 1. The van der Waals surface area contributed by atoms with E-state index in [4.69, 9.17) is 15.2 Å². The van der Waals surface area contributed by atoms with E-state index >= 15 is 0 Å². The highest BCUT2D eigenvalue weighted by atomic mass is 16.6. The molecule has 0 saturated carbocycles. The Kier molecular flexibility index (Phi) is 9.96. The fourth-order valence-corrected chi connectivity index (χ4v) is 3.04. The minimum atomic E-state index is -1.11. The van der Waals surface area contributed by atoms with Gasteiger partial charge in [-0.05, 0) is 57.4 Å². The second-order valence-electron chi connectivity index (χ2n) is 9.01. The van der Waals surface area contributed by atoms with Crippen LogP contribution in [-0.2, 0) is 32.1 Å². The lowest BCUT2D eigenvalue weighted by atomic mass is 10.1. The van der Waals surface area contributed by atoms with E-state index in [1.807, 2.05) is 42.5 Å². The lowest BCUT2D eigenvalue weighted by molar-refractivity contribution is -0.135. The Bertz CT molecular complexity index is 1000. The van der Waals surface area contributed by atoms with Gasteiger partial charge in [0.25, 0.3) is 5.91 Å². The number of hydrogen-bond acceptors (Lipinski definition) is 7. The smallest absolute Gasteiger partial charge is 0.417 e. The Labute approximate surface area is 205 Å². The van der Waals surface area contributed by atoms with Gasteiger partial charge in [0.05, 0.1) is 12.6 Å². The number of carbonyl (C=O) groups excluding carboxylic acids is 4. The highest BCUT2D eigenvalue weighted by Gasteiger charge is 2.31. The summed E-state index contributed by atoms with van der Waals surface area (Å²) in [6, 6.07) is 14.9.